The minimum Gasteiger partial charge on any atom is -0.487 e. The Hall–Kier alpha value is -4.32. The first-order chi connectivity index (χ1) is 17.2. The maximum Gasteiger partial charge on any atom is 0.407 e. The number of hydrogen-bond acceptors (Lipinski definition) is 4. The van der Waals surface area contributed by atoms with E-state index in [0.717, 1.165) is 51.7 Å². The molecule has 0 fully saturated rings. The van der Waals surface area contributed by atoms with Gasteiger partial charge in [0, 0.05) is 29.0 Å². The van der Waals surface area contributed by atoms with Crippen molar-refractivity contribution in [2.75, 3.05) is 6.54 Å². The van der Waals surface area contributed by atoms with Gasteiger partial charge in [-0.2, -0.15) is 0 Å². The average molecular weight is 466 g/mol. The van der Waals surface area contributed by atoms with Crippen LogP contribution in [0.3, 0.4) is 0 Å². The van der Waals surface area contributed by atoms with E-state index in [1.54, 1.807) is 0 Å². The van der Waals surface area contributed by atoms with E-state index >= 15 is 0 Å². The van der Waals surface area contributed by atoms with Gasteiger partial charge in [-0.3, -0.25) is 0 Å². The molecule has 2 heterocycles. The number of para-hydroxylation sites is 1. The number of alkyl carbamates (subject to hydrolysis) is 1. The Morgan fingerprint density at radius 2 is 1.77 bits per heavy atom. The molecule has 1 amide bonds. The van der Waals surface area contributed by atoms with Crippen molar-refractivity contribution in [3.8, 4) is 5.75 Å². The second-order valence-corrected chi connectivity index (χ2v) is 8.40. The summed E-state index contributed by atoms with van der Waals surface area (Å²) in [4.78, 5) is 19.9. The molecular formula is C29H27N3O3. The molecule has 35 heavy (non-hydrogen) atoms. The second-order valence-electron chi connectivity index (χ2n) is 8.40. The highest BCUT2D eigenvalue weighted by Crippen LogP contribution is 2.25. The number of pyridine rings is 1. The zero-order valence-electron chi connectivity index (χ0n) is 19.4. The maximum atomic E-state index is 11.9. The number of H-pyrrole nitrogens is 1. The van der Waals surface area contributed by atoms with Gasteiger partial charge < -0.3 is 19.8 Å². The van der Waals surface area contributed by atoms with E-state index in [4.69, 9.17) is 9.47 Å². The third-order valence-electron chi connectivity index (χ3n) is 5.89. The Kier molecular flexibility index (Phi) is 6.89. The molecule has 0 saturated heterocycles. The normalized spacial score (nSPS) is 11.0. The number of nitrogens with one attached hydrogen (secondary N) is 2. The van der Waals surface area contributed by atoms with E-state index in [1.807, 2.05) is 72.9 Å². The molecule has 6 nitrogen and oxygen atoms in total. The SMILES string of the molecule is O=C(NCCCc1c[nH]c2ccc(OCc3ccc4ccccc4n3)cc12)OCc1ccccc1. The van der Waals surface area contributed by atoms with Crippen molar-refractivity contribution in [2.45, 2.75) is 26.1 Å². The van der Waals surface area contributed by atoms with E-state index in [1.165, 1.54) is 5.56 Å². The van der Waals surface area contributed by atoms with Crippen molar-refractivity contribution in [2.24, 2.45) is 0 Å². The number of aromatic amines is 1. The molecular weight excluding hydrogens is 438 g/mol. The van der Waals surface area contributed by atoms with Gasteiger partial charge >= 0.3 is 6.09 Å². The van der Waals surface area contributed by atoms with Gasteiger partial charge in [-0.15, -0.1) is 0 Å². The zero-order chi connectivity index (χ0) is 23.9. The molecule has 0 aliphatic carbocycles. The summed E-state index contributed by atoms with van der Waals surface area (Å²) in [6.45, 7) is 1.22. The topological polar surface area (TPSA) is 76.2 Å². The van der Waals surface area contributed by atoms with Crippen LogP contribution in [0.4, 0.5) is 4.79 Å². The van der Waals surface area contributed by atoms with Gasteiger partial charge in [0.25, 0.3) is 0 Å². The van der Waals surface area contributed by atoms with Gasteiger partial charge in [-0.05, 0) is 54.3 Å². The summed E-state index contributed by atoms with van der Waals surface area (Å²) < 4.78 is 11.3. The highest BCUT2D eigenvalue weighted by Gasteiger charge is 2.08. The van der Waals surface area contributed by atoms with E-state index in [-0.39, 0.29) is 6.61 Å². The van der Waals surface area contributed by atoms with Gasteiger partial charge in [-0.25, -0.2) is 9.78 Å². The summed E-state index contributed by atoms with van der Waals surface area (Å²) in [6, 6.07) is 27.8. The standard InChI is InChI=1S/C29H27N3O3/c33-29(35-19-21-7-2-1-3-8-21)30-16-6-10-23-18-31-28-15-14-25(17-26(23)28)34-20-24-13-12-22-9-4-5-11-27(22)32-24/h1-5,7-9,11-15,17-18,31H,6,10,16,19-20H2,(H,30,33). The number of nitrogens with zero attached hydrogens (tertiary/aromatic N) is 1. The molecule has 0 aliphatic rings. The lowest BCUT2D eigenvalue weighted by atomic mass is 10.1. The van der Waals surface area contributed by atoms with Crippen molar-refractivity contribution < 1.29 is 14.3 Å². The smallest absolute Gasteiger partial charge is 0.407 e. The molecule has 6 heteroatoms. The van der Waals surface area contributed by atoms with Gasteiger partial charge in [0.15, 0.2) is 0 Å². The third-order valence-corrected chi connectivity index (χ3v) is 5.89. The van der Waals surface area contributed by atoms with Crippen LogP contribution in [0.5, 0.6) is 5.75 Å². The predicted octanol–water partition coefficient (Wildman–Crippen LogP) is 6.15. The molecule has 0 bridgehead atoms. The van der Waals surface area contributed by atoms with E-state index < -0.39 is 6.09 Å². The number of carbonyl (C=O) groups is 1. The molecule has 2 N–H and O–H groups in total. The summed E-state index contributed by atoms with van der Waals surface area (Å²) in [5.41, 5.74) is 5.08. The van der Waals surface area contributed by atoms with Crippen molar-refractivity contribution in [3.05, 3.63) is 108 Å². The number of fused-ring (bicyclic) bond motifs is 2. The second kappa shape index (κ2) is 10.7. The first-order valence-electron chi connectivity index (χ1n) is 11.8. The number of aryl methyl sites for hydroxylation is 1. The highest BCUT2D eigenvalue weighted by molar-refractivity contribution is 5.84. The molecule has 0 unspecified atom stereocenters. The summed E-state index contributed by atoms with van der Waals surface area (Å²) in [7, 11) is 0. The fraction of sp³-hybridized carbons (Fsp3) is 0.172. The molecule has 0 aliphatic heterocycles. The number of benzene rings is 3. The molecule has 5 rings (SSSR count). The number of ether oxygens (including phenoxy) is 2. The van der Waals surface area contributed by atoms with E-state index in [2.05, 4.69) is 33.5 Å². The van der Waals surface area contributed by atoms with Crippen LogP contribution in [0, 0.1) is 0 Å². The molecule has 5 aromatic rings. The van der Waals surface area contributed by atoms with Crippen molar-refractivity contribution in [1.82, 2.24) is 15.3 Å². The summed E-state index contributed by atoms with van der Waals surface area (Å²) in [6.07, 6.45) is 3.26. The Morgan fingerprint density at radius 3 is 2.69 bits per heavy atom. The van der Waals surface area contributed by atoms with Gasteiger partial charge in [0.1, 0.15) is 19.0 Å². The predicted molar refractivity (Wildman–Crippen MR) is 137 cm³/mol. The molecule has 0 saturated carbocycles. The summed E-state index contributed by atoms with van der Waals surface area (Å²) in [5, 5.41) is 5.07. The summed E-state index contributed by atoms with van der Waals surface area (Å²) in [5.74, 6) is 0.802. The Bertz CT molecular complexity index is 1430. The van der Waals surface area contributed by atoms with Crippen LogP contribution >= 0.6 is 0 Å². The molecule has 3 aromatic carbocycles. The lowest BCUT2D eigenvalue weighted by Crippen LogP contribution is -2.25. The van der Waals surface area contributed by atoms with Gasteiger partial charge in [0.2, 0.25) is 0 Å². The largest absolute Gasteiger partial charge is 0.487 e. The zero-order valence-corrected chi connectivity index (χ0v) is 19.4. The third kappa shape index (κ3) is 5.79. The van der Waals surface area contributed by atoms with Crippen LogP contribution in [-0.2, 0) is 24.4 Å². The molecule has 2 aromatic heterocycles. The van der Waals surface area contributed by atoms with Crippen LogP contribution in [-0.4, -0.2) is 22.6 Å². The molecule has 0 atom stereocenters. The Morgan fingerprint density at radius 1 is 0.914 bits per heavy atom. The number of aromatic nitrogens is 2. The van der Waals surface area contributed by atoms with Gasteiger partial charge in [-0.1, -0.05) is 54.6 Å². The fourth-order valence-electron chi connectivity index (χ4n) is 4.04. The van der Waals surface area contributed by atoms with E-state index in [0.29, 0.717) is 13.2 Å². The Labute approximate surface area is 203 Å². The van der Waals surface area contributed by atoms with Crippen molar-refractivity contribution in [1.29, 1.82) is 0 Å². The molecule has 176 valence electrons. The molecule has 0 spiro atoms. The minimum absolute atomic E-state index is 0.270. The Balaban J connectivity index is 1.12. The lowest BCUT2D eigenvalue weighted by Gasteiger charge is -2.08. The lowest BCUT2D eigenvalue weighted by molar-refractivity contribution is 0.139. The van der Waals surface area contributed by atoms with Crippen LogP contribution < -0.4 is 10.1 Å². The van der Waals surface area contributed by atoms with Crippen LogP contribution in [0.2, 0.25) is 0 Å². The number of rotatable bonds is 9. The van der Waals surface area contributed by atoms with Gasteiger partial charge in [0.05, 0.1) is 11.2 Å². The monoisotopic (exact) mass is 465 g/mol. The molecule has 0 radical (unpaired) electrons. The quantitative estimate of drug-likeness (QED) is 0.256. The number of hydrogen-bond donors (Lipinski definition) is 2. The van der Waals surface area contributed by atoms with Crippen molar-refractivity contribution in [3.63, 3.8) is 0 Å². The fourth-order valence-corrected chi connectivity index (χ4v) is 4.04. The van der Waals surface area contributed by atoms with Crippen LogP contribution in [0.25, 0.3) is 21.8 Å². The van der Waals surface area contributed by atoms with E-state index in [9.17, 15) is 4.79 Å². The first-order valence-corrected chi connectivity index (χ1v) is 11.8. The highest BCUT2D eigenvalue weighted by atomic mass is 16.5. The minimum atomic E-state index is -0.397. The maximum absolute atomic E-state index is 11.9. The van der Waals surface area contributed by atoms with Crippen molar-refractivity contribution >= 4 is 27.9 Å². The van der Waals surface area contributed by atoms with Crippen LogP contribution in [0.15, 0.2) is 91.1 Å². The van der Waals surface area contributed by atoms with Crippen LogP contribution in [0.1, 0.15) is 23.2 Å². The first kappa shape index (κ1) is 22.5. The number of carbonyl (C=O) groups excluding carboxylic acids is 1. The summed E-state index contributed by atoms with van der Waals surface area (Å²) >= 11 is 0. The number of amides is 1. The average Bonchev–Trinajstić information content (AvgIpc) is 3.31.